The molecule has 1 aliphatic rings. The minimum absolute atomic E-state index is 0.0864. The highest BCUT2D eigenvalue weighted by atomic mass is 16.7. The highest BCUT2D eigenvalue weighted by Gasteiger charge is 2.23. The van der Waals surface area contributed by atoms with E-state index in [9.17, 15) is 10.1 Å². The minimum Gasteiger partial charge on any atom is -0.348 e. The van der Waals surface area contributed by atoms with E-state index in [4.69, 9.17) is 9.47 Å². The van der Waals surface area contributed by atoms with Crippen molar-refractivity contribution in [3.8, 4) is 0 Å². The van der Waals surface area contributed by atoms with Crippen molar-refractivity contribution in [2.45, 2.75) is 45.3 Å². The zero-order chi connectivity index (χ0) is 15.1. The zero-order valence-corrected chi connectivity index (χ0v) is 12.5. The smallest absolute Gasteiger partial charge is 0.269 e. The van der Waals surface area contributed by atoms with E-state index in [0.717, 1.165) is 12.0 Å². The molecule has 0 spiro atoms. The van der Waals surface area contributed by atoms with Crippen molar-refractivity contribution in [2.24, 2.45) is 5.92 Å². The fourth-order valence-corrected chi connectivity index (χ4v) is 2.52. The second kappa shape index (κ2) is 8.10. The van der Waals surface area contributed by atoms with E-state index in [2.05, 4.69) is 6.92 Å². The van der Waals surface area contributed by atoms with Gasteiger partial charge < -0.3 is 9.47 Å². The first-order chi connectivity index (χ1) is 10.2. The first kappa shape index (κ1) is 15.9. The van der Waals surface area contributed by atoms with E-state index >= 15 is 0 Å². The summed E-state index contributed by atoms with van der Waals surface area (Å²) in [5.74, 6) is 0.469. The molecular formula is C16H23NO4. The highest BCUT2D eigenvalue weighted by molar-refractivity contribution is 5.33. The summed E-state index contributed by atoms with van der Waals surface area (Å²) in [7, 11) is 0. The molecule has 5 nitrogen and oxygen atoms in total. The van der Waals surface area contributed by atoms with Crippen molar-refractivity contribution in [3.05, 3.63) is 39.9 Å². The average Bonchev–Trinajstić information content (AvgIpc) is 2.52. The first-order valence-electron chi connectivity index (χ1n) is 7.68. The molecule has 1 saturated heterocycles. The van der Waals surface area contributed by atoms with E-state index < -0.39 is 11.2 Å². The summed E-state index contributed by atoms with van der Waals surface area (Å²) >= 11 is 0. The molecule has 0 unspecified atom stereocenters. The van der Waals surface area contributed by atoms with Gasteiger partial charge in [-0.3, -0.25) is 10.1 Å². The lowest BCUT2D eigenvalue weighted by atomic mass is 10.0. The fraction of sp³-hybridized carbons (Fsp3) is 0.625. The minimum atomic E-state index is -0.404. The summed E-state index contributed by atoms with van der Waals surface area (Å²) in [6.07, 6.45) is 5.80. The van der Waals surface area contributed by atoms with Crippen LogP contribution in [0, 0.1) is 16.0 Å². The fourth-order valence-electron chi connectivity index (χ4n) is 2.52. The Morgan fingerprint density at radius 2 is 1.81 bits per heavy atom. The van der Waals surface area contributed by atoms with Gasteiger partial charge in [-0.25, -0.2) is 0 Å². The first-order valence-corrected chi connectivity index (χ1v) is 7.68. The Labute approximate surface area is 125 Å². The highest BCUT2D eigenvalue weighted by Crippen LogP contribution is 2.28. The summed E-state index contributed by atoms with van der Waals surface area (Å²) in [4.78, 5) is 10.2. The van der Waals surface area contributed by atoms with Gasteiger partial charge in [-0.2, -0.15) is 0 Å². The van der Waals surface area contributed by atoms with Gasteiger partial charge >= 0.3 is 0 Å². The van der Waals surface area contributed by atoms with Gasteiger partial charge in [0.05, 0.1) is 18.1 Å². The van der Waals surface area contributed by atoms with E-state index in [1.807, 2.05) is 0 Å². The van der Waals surface area contributed by atoms with Crippen LogP contribution in [0.15, 0.2) is 24.3 Å². The molecule has 0 N–H and O–H groups in total. The summed E-state index contributed by atoms with van der Waals surface area (Å²) in [5.41, 5.74) is 0.924. The molecule has 0 aliphatic carbocycles. The molecule has 1 heterocycles. The van der Waals surface area contributed by atoms with Gasteiger partial charge in [-0.1, -0.05) is 32.6 Å². The number of benzene rings is 1. The van der Waals surface area contributed by atoms with E-state index in [1.54, 1.807) is 12.1 Å². The molecule has 0 atom stereocenters. The Kier molecular flexibility index (Phi) is 6.14. The molecule has 0 amide bonds. The monoisotopic (exact) mass is 293 g/mol. The molecule has 5 heteroatoms. The number of nitro benzene ring substituents is 1. The van der Waals surface area contributed by atoms with Crippen LogP contribution in [0.4, 0.5) is 5.69 Å². The van der Waals surface area contributed by atoms with E-state index in [0.29, 0.717) is 19.1 Å². The molecule has 0 bridgehead atoms. The number of ether oxygens (including phenoxy) is 2. The van der Waals surface area contributed by atoms with Crippen molar-refractivity contribution in [1.82, 2.24) is 0 Å². The topological polar surface area (TPSA) is 61.6 Å². The molecule has 1 aliphatic heterocycles. The second-order valence-corrected chi connectivity index (χ2v) is 5.56. The third-order valence-corrected chi connectivity index (χ3v) is 3.81. The predicted octanol–water partition coefficient (Wildman–Crippen LogP) is 4.23. The number of nitrogens with zero attached hydrogens (tertiary/aromatic N) is 1. The van der Waals surface area contributed by atoms with Crippen molar-refractivity contribution in [3.63, 3.8) is 0 Å². The van der Waals surface area contributed by atoms with Crippen molar-refractivity contribution < 1.29 is 14.4 Å². The number of hydrogen-bond donors (Lipinski definition) is 0. The molecule has 0 radical (unpaired) electrons. The van der Waals surface area contributed by atoms with Gasteiger partial charge in [0, 0.05) is 23.6 Å². The second-order valence-electron chi connectivity index (χ2n) is 5.56. The summed E-state index contributed by atoms with van der Waals surface area (Å²) in [6.45, 7) is 3.61. The predicted molar refractivity (Wildman–Crippen MR) is 80.0 cm³/mol. The Hall–Kier alpha value is -1.46. The lowest BCUT2D eigenvalue weighted by molar-refractivity contribution is -0.384. The molecule has 0 aromatic heterocycles. The normalized spacial score (nSPS) is 22.1. The molecule has 1 fully saturated rings. The van der Waals surface area contributed by atoms with E-state index in [-0.39, 0.29) is 5.69 Å². The number of rotatable bonds is 7. The molecule has 1 aromatic rings. The maximum atomic E-state index is 10.6. The largest absolute Gasteiger partial charge is 0.348 e. The van der Waals surface area contributed by atoms with Crippen LogP contribution in [-0.2, 0) is 9.47 Å². The molecule has 1 aromatic carbocycles. The Morgan fingerprint density at radius 3 is 2.38 bits per heavy atom. The van der Waals surface area contributed by atoms with Crippen LogP contribution in [-0.4, -0.2) is 18.1 Å². The molecular weight excluding hydrogens is 270 g/mol. The molecule has 0 saturated carbocycles. The van der Waals surface area contributed by atoms with Crippen molar-refractivity contribution >= 4 is 5.69 Å². The van der Waals surface area contributed by atoms with Crippen molar-refractivity contribution in [1.29, 1.82) is 0 Å². The number of non-ortho nitro benzene ring substituents is 1. The summed E-state index contributed by atoms with van der Waals surface area (Å²) in [5, 5.41) is 10.6. The Bertz CT molecular complexity index is 438. The Balaban J connectivity index is 1.76. The SMILES string of the molecule is CCCCCCC1COC(c2ccc([N+](=O)[O-])cc2)OC1. The van der Waals surface area contributed by atoms with Crippen LogP contribution < -0.4 is 0 Å². The average molecular weight is 293 g/mol. The van der Waals surface area contributed by atoms with Crippen LogP contribution in [0.25, 0.3) is 0 Å². The van der Waals surface area contributed by atoms with E-state index in [1.165, 1.54) is 37.8 Å². The Morgan fingerprint density at radius 1 is 1.14 bits per heavy atom. The van der Waals surface area contributed by atoms with Gasteiger partial charge in [-0.05, 0) is 18.6 Å². The third-order valence-electron chi connectivity index (χ3n) is 3.81. The van der Waals surface area contributed by atoms with Crippen molar-refractivity contribution in [2.75, 3.05) is 13.2 Å². The number of nitro groups is 1. The molecule has 116 valence electrons. The zero-order valence-electron chi connectivity index (χ0n) is 12.5. The lowest BCUT2D eigenvalue weighted by Gasteiger charge is -2.29. The summed E-state index contributed by atoms with van der Waals surface area (Å²) in [6, 6.07) is 6.37. The van der Waals surface area contributed by atoms with Crippen LogP contribution >= 0.6 is 0 Å². The van der Waals surface area contributed by atoms with Crippen LogP contribution in [0.2, 0.25) is 0 Å². The molecule has 2 rings (SSSR count). The van der Waals surface area contributed by atoms with Gasteiger partial charge in [-0.15, -0.1) is 0 Å². The van der Waals surface area contributed by atoms with Crippen LogP contribution in [0.5, 0.6) is 0 Å². The van der Waals surface area contributed by atoms with Gasteiger partial charge in [0.1, 0.15) is 0 Å². The lowest BCUT2D eigenvalue weighted by Crippen LogP contribution is -2.27. The number of hydrogen-bond acceptors (Lipinski definition) is 4. The number of unbranched alkanes of at least 4 members (excludes halogenated alkanes) is 3. The molecule has 21 heavy (non-hydrogen) atoms. The maximum absolute atomic E-state index is 10.6. The van der Waals surface area contributed by atoms with Gasteiger partial charge in [0.15, 0.2) is 6.29 Å². The van der Waals surface area contributed by atoms with Crippen LogP contribution in [0.1, 0.15) is 50.9 Å². The quantitative estimate of drug-likeness (QED) is 0.429. The van der Waals surface area contributed by atoms with Crippen LogP contribution in [0.3, 0.4) is 0 Å². The standard InChI is InChI=1S/C16H23NO4/c1-2-3-4-5-6-13-11-20-16(21-12-13)14-7-9-15(10-8-14)17(18)19/h7-10,13,16H,2-6,11-12H2,1H3. The van der Waals surface area contributed by atoms with Gasteiger partial charge in [0.25, 0.3) is 5.69 Å². The third kappa shape index (κ3) is 4.79. The maximum Gasteiger partial charge on any atom is 0.269 e. The van der Waals surface area contributed by atoms with Gasteiger partial charge in [0.2, 0.25) is 0 Å². The summed E-state index contributed by atoms with van der Waals surface area (Å²) < 4.78 is 11.5.